The van der Waals surface area contributed by atoms with Gasteiger partial charge >= 0.3 is 6.03 Å². The number of hydrazine groups is 1. The van der Waals surface area contributed by atoms with Gasteiger partial charge in [0.05, 0.1) is 4.90 Å². The lowest BCUT2D eigenvalue weighted by Crippen LogP contribution is -2.47. The minimum Gasteiger partial charge on any atom is -0.318 e. The number of sulfonamides is 1. The van der Waals surface area contributed by atoms with Crippen LogP contribution in [0.15, 0.2) is 59.5 Å². The molecule has 0 saturated carbocycles. The molecule has 2 aromatic carbocycles. The van der Waals surface area contributed by atoms with E-state index in [4.69, 9.17) is 0 Å². The van der Waals surface area contributed by atoms with E-state index in [9.17, 15) is 22.8 Å². The van der Waals surface area contributed by atoms with E-state index in [1.54, 1.807) is 37.3 Å². The Bertz CT molecular complexity index is 1080. The quantitative estimate of drug-likeness (QED) is 0.707. The van der Waals surface area contributed by atoms with Crippen LogP contribution in [0.4, 0.5) is 4.79 Å². The van der Waals surface area contributed by atoms with Gasteiger partial charge in [0.15, 0.2) is 0 Å². The summed E-state index contributed by atoms with van der Waals surface area (Å²) in [7, 11) is -0.993. The molecule has 152 valence electrons. The number of imide groups is 1. The number of carbonyl (C=O) groups is 3. The molecule has 1 aliphatic rings. The van der Waals surface area contributed by atoms with E-state index in [1.165, 1.54) is 38.4 Å². The highest BCUT2D eigenvalue weighted by molar-refractivity contribution is 7.89. The van der Waals surface area contributed by atoms with Crippen LogP contribution >= 0.6 is 0 Å². The Morgan fingerprint density at radius 2 is 1.72 bits per heavy atom. The molecule has 3 rings (SSSR count). The molecular formula is C19H20N4O5S. The second-order valence-corrected chi connectivity index (χ2v) is 8.97. The summed E-state index contributed by atoms with van der Waals surface area (Å²) in [6.07, 6.45) is 0. The number of hydrogen-bond donors (Lipinski definition) is 2. The Hall–Kier alpha value is -3.24. The fourth-order valence-corrected chi connectivity index (χ4v) is 3.83. The van der Waals surface area contributed by atoms with Gasteiger partial charge in [-0.3, -0.25) is 15.0 Å². The Morgan fingerprint density at radius 3 is 2.34 bits per heavy atom. The minimum absolute atomic E-state index is 0.0122. The number of rotatable bonds is 5. The zero-order valence-electron chi connectivity index (χ0n) is 16.0. The fourth-order valence-electron chi connectivity index (χ4n) is 2.88. The average Bonchev–Trinajstić information content (AvgIpc) is 2.92. The van der Waals surface area contributed by atoms with Gasteiger partial charge in [0.1, 0.15) is 5.54 Å². The van der Waals surface area contributed by atoms with Crippen LogP contribution in [0.2, 0.25) is 0 Å². The van der Waals surface area contributed by atoms with Crippen LogP contribution in [0, 0.1) is 0 Å². The maximum atomic E-state index is 12.8. The zero-order valence-corrected chi connectivity index (χ0v) is 16.9. The summed E-state index contributed by atoms with van der Waals surface area (Å²) in [5.74, 6) is -1.44. The number of nitrogens with one attached hydrogen (secondary N) is 2. The highest BCUT2D eigenvalue weighted by atomic mass is 32.2. The molecule has 4 amide bonds. The third-order valence-corrected chi connectivity index (χ3v) is 6.44. The molecule has 1 atom stereocenters. The molecule has 10 heteroatoms. The standard InChI is InChI=1S/C19H20N4O5S/c1-19(14-9-5-4-6-10-14)17(25)23(18(26)20-19)21-16(24)13-8-7-11-15(12-13)29(27,28)22(2)3/h4-12H,1-3H3,(H,20,26)(H,21,24). The largest absolute Gasteiger partial charge is 0.344 e. The maximum absolute atomic E-state index is 12.8. The molecule has 0 aliphatic carbocycles. The van der Waals surface area contributed by atoms with Crippen molar-refractivity contribution < 1.29 is 22.8 Å². The molecule has 1 unspecified atom stereocenters. The Labute approximate surface area is 168 Å². The van der Waals surface area contributed by atoms with E-state index in [0.717, 1.165) is 4.31 Å². The maximum Gasteiger partial charge on any atom is 0.344 e. The van der Waals surface area contributed by atoms with Crippen molar-refractivity contribution in [3.05, 3.63) is 65.7 Å². The van der Waals surface area contributed by atoms with Gasteiger partial charge in [-0.1, -0.05) is 36.4 Å². The predicted molar refractivity (Wildman–Crippen MR) is 104 cm³/mol. The van der Waals surface area contributed by atoms with Gasteiger partial charge in [0, 0.05) is 19.7 Å². The number of urea groups is 1. The van der Waals surface area contributed by atoms with Crippen molar-refractivity contribution in [3.63, 3.8) is 0 Å². The topological polar surface area (TPSA) is 116 Å². The molecular weight excluding hydrogens is 396 g/mol. The van der Waals surface area contributed by atoms with Crippen molar-refractivity contribution in [1.82, 2.24) is 20.1 Å². The van der Waals surface area contributed by atoms with E-state index in [0.29, 0.717) is 10.6 Å². The number of amides is 4. The minimum atomic E-state index is -3.74. The van der Waals surface area contributed by atoms with E-state index in [-0.39, 0.29) is 10.5 Å². The number of benzene rings is 2. The first-order valence-electron chi connectivity index (χ1n) is 8.63. The number of carbonyl (C=O) groups excluding carboxylic acids is 3. The van der Waals surface area contributed by atoms with E-state index in [1.807, 2.05) is 0 Å². The summed E-state index contributed by atoms with van der Waals surface area (Å²) < 4.78 is 25.5. The molecule has 0 radical (unpaired) electrons. The van der Waals surface area contributed by atoms with Crippen molar-refractivity contribution in [2.24, 2.45) is 0 Å². The second-order valence-electron chi connectivity index (χ2n) is 6.82. The van der Waals surface area contributed by atoms with Gasteiger partial charge < -0.3 is 5.32 Å². The molecule has 29 heavy (non-hydrogen) atoms. The molecule has 1 fully saturated rings. The van der Waals surface area contributed by atoms with Crippen molar-refractivity contribution in [1.29, 1.82) is 0 Å². The molecule has 9 nitrogen and oxygen atoms in total. The number of hydrogen-bond acceptors (Lipinski definition) is 5. The van der Waals surface area contributed by atoms with Crippen LogP contribution in [0.5, 0.6) is 0 Å². The van der Waals surface area contributed by atoms with Gasteiger partial charge in [-0.25, -0.2) is 17.5 Å². The average molecular weight is 416 g/mol. The van der Waals surface area contributed by atoms with Crippen LogP contribution < -0.4 is 10.7 Å². The van der Waals surface area contributed by atoms with Gasteiger partial charge in [0.25, 0.3) is 11.8 Å². The van der Waals surface area contributed by atoms with Gasteiger partial charge in [-0.2, -0.15) is 5.01 Å². The summed E-state index contributed by atoms with van der Waals surface area (Å²) >= 11 is 0. The lowest BCUT2D eigenvalue weighted by atomic mass is 9.92. The summed E-state index contributed by atoms with van der Waals surface area (Å²) in [5.41, 5.74) is 1.47. The lowest BCUT2D eigenvalue weighted by molar-refractivity contribution is -0.132. The van der Waals surface area contributed by atoms with E-state index in [2.05, 4.69) is 10.7 Å². The van der Waals surface area contributed by atoms with Crippen LogP contribution in [-0.4, -0.2) is 49.7 Å². The molecule has 2 N–H and O–H groups in total. The summed E-state index contributed by atoms with van der Waals surface area (Å²) in [4.78, 5) is 37.7. The SMILES string of the molecule is CN(C)S(=O)(=O)c1cccc(C(=O)NN2C(=O)NC(C)(c3ccccc3)C2=O)c1. The lowest BCUT2D eigenvalue weighted by Gasteiger charge is -2.22. The molecule has 1 saturated heterocycles. The Balaban J connectivity index is 1.85. The molecule has 0 spiro atoms. The van der Waals surface area contributed by atoms with Crippen LogP contribution in [-0.2, 0) is 20.4 Å². The van der Waals surface area contributed by atoms with Gasteiger partial charge in [0.2, 0.25) is 10.0 Å². The van der Waals surface area contributed by atoms with Gasteiger partial charge in [-0.05, 0) is 30.7 Å². The van der Waals surface area contributed by atoms with Crippen LogP contribution in [0.25, 0.3) is 0 Å². The molecule has 2 aromatic rings. The van der Waals surface area contributed by atoms with Crippen molar-refractivity contribution >= 4 is 27.9 Å². The third kappa shape index (κ3) is 3.59. The highest BCUT2D eigenvalue weighted by Crippen LogP contribution is 2.27. The molecule has 0 bridgehead atoms. The first-order valence-corrected chi connectivity index (χ1v) is 10.1. The smallest absolute Gasteiger partial charge is 0.318 e. The molecule has 1 heterocycles. The Morgan fingerprint density at radius 1 is 1.07 bits per heavy atom. The van der Waals surface area contributed by atoms with Crippen molar-refractivity contribution in [2.75, 3.05) is 14.1 Å². The fraction of sp³-hybridized carbons (Fsp3) is 0.211. The Kier molecular flexibility index (Phi) is 5.16. The second kappa shape index (κ2) is 7.30. The first kappa shape index (κ1) is 20.5. The van der Waals surface area contributed by atoms with E-state index < -0.39 is 33.4 Å². The molecule has 1 aliphatic heterocycles. The summed E-state index contributed by atoms with van der Waals surface area (Å²) in [6, 6.07) is 13.2. The van der Waals surface area contributed by atoms with E-state index >= 15 is 0 Å². The number of nitrogens with zero attached hydrogens (tertiary/aromatic N) is 2. The van der Waals surface area contributed by atoms with Crippen LogP contribution in [0.1, 0.15) is 22.8 Å². The van der Waals surface area contributed by atoms with Crippen molar-refractivity contribution in [3.8, 4) is 0 Å². The monoisotopic (exact) mass is 416 g/mol. The van der Waals surface area contributed by atoms with Crippen LogP contribution in [0.3, 0.4) is 0 Å². The summed E-state index contributed by atoms with van der Waals surface area (Å²) in [6.45, 7) is 1.54. The summed E-state index contributed by atoms with van der Waals surface area (Å²) in [5, 5.41) is 3.17. The normalized spacial score (nSPS) is 19.4. The van der Waals surface area contributed by atoms with Crippen molar-refractivity contribution in [2.45, 2.75) is 17.4 Å². The molecule has 0 aromatic heterocycles. The third-order valence-electron chi connectivity index (χ3n) is 4.63. The zero-order chi connectivity index (χ0) is 21.4. The first-order chi connectivity index (χ1) is 13.6. The highest BCUT2D eigenvalue weighted by Gasteiger charge is 2.50. The predicted octanol–water partition coefficient (Wildman–Crippen LogP) is 1.05. The van der Waals surface area contributed by atoms with Gasteiger partial charge in [-0.15, -0.1) is 0 Å².